The minimum atomic E-state index is -0.418. The third-order valence-electron chi connectivity index (χ3n) is 2.03. The average molecular weight is 251 g/mol. The molecule has 1 amide bonds. The highest BCUT2D eigenvalue weighted by molar-refractivity contribution is 7.19. The average Bonchev–Trinajstić information content (AvgIpc) is 2.68. The number of aromatic nitrogens is 3. The lowest BCUT2D eigenvalue weighted by atomic mass is 10.2. The van der Waals surface area contributed by atoms with E-state index in [0.717, 1.165) is 11.3 Å². The molecule has 2 rings (SSSR count). The van der Waals surface area contributed by atoms with Crippen molar-refractivity contribution in [3.8, 4) is 0 Å². The fourth-order valence-corrected chi connectivity index (χ4v) is 1.65. The first-order valence-corrected chi connectivity index (χ1v) is 5.45. The van der Waals surface area contributed by atoms with Crippen molar-refractivity contribution in [1.29, 1.82) is 0 Å². The molecular formula is C9H9N5O2S. The van der Waals surface area contributed by atoms with E-state index in [1.54, 1.807) is 13.1 Å². The highest BCUT2D eigenvalue weighted by Crippen LogP contribution is 2.16. The van der Waals surface area contributed by atoms with Gasteiger partial charge in [-0.1, -0.05) is 11.3 Å². The number of carbonyl (C=O) groups is 1. The molecule has 0 aliphatic rings. The lowest BCUT2D eigenvalue weighted by molar-refractivity contribution is 0.102. The van der Waals surface area contributed by atoms with Crippen LogP contribution in [0.1, 0.15) is 10.4 Å². The molecule has 0 saturated carbocycles. The zero-order valence-electron chi connectivity index (χ0n) is 8.88. The molecule has 17 heavy (non-hydrogen) atoms. The summed E-state index contributed by atoms with van der Waals surface area (Å²) in [7, 11) is 1.61. The lowest BCUT2D eigenvalue weighted by Gasteiger charge is -2.01. The smallest absolute Gasteiger partial charge is 0.257 e. The molecule has 0 spiro atoms. The molecule has 0 aliphatic heterocycles. The normalized spacial score (nSPS) is 10.2. The van der Waals surface area contributed by atoms with Crippen molar-refractivity contribution in [3.63, 3.8) is 0 Å². The second-order valence-electron chi connectivity index (χ2n) is 3.26. The summed E-state index contributed by atoms with van der Waals surface area (Å²) in [6, 6.07) is 2.79. The van der Waals surface area contributed by atoms with Gasteiger partial charge in [-0.3, -0.25) is 14.9 Å². The molecule has 8 heteroatoms. The van der Waals surface area contributed by atoms with Crippen molar-refractivity contribution < 1.29 is 4.79 Å². The number of amides is 1. The minimum Gasteiger partial charge on any atom is -0.374 e. The van der Waals surface area contributed by atoms with Gasteiger partial charge >= 0.3 is 0 Å². The molecule has 0 aromatic carbocycles. The quantitative estimate of drug-likeness (QED) is 0.786. The van der Waals surface area contributed by atoms with Crippen LogP contribution in [-0.2, 0) is 7.05 Å². The van der Waals surface area contributed by atoms with Crippen molar-refractivity contribution in [2.75, 3.05) is 11.1 Å². The Morgan fingerprint density at radius 1 is 1.53 bits per heavy atom. The number of hydrogen-bond donors (Lipinski definition) is 2. The molecular weight excluding hydrogens is 242 g/mol. The first kappa shape index (κ1) is 11.3. The molecule has 3 N–H and O–H groups in total. The number of nitrogen functional groups attached to an aromatic ring is 1. The van der Waals surface area contributed by atoms with Gasteiger partial charge in [-0.25, -0.2) is 0 Å². The summed E-state index contributed by atoms with van der Waals surface area (Å²) >= 11 is 1.06. The molecule has 0 atom stereocenters. The zero-order valence-corrected chi connectivity index (χ0v) is 9.69. The van der Waals surface area contributed by atoms with Gasteiger partial charge in [0.25, 0.3) is 11.5 Å². The first-order chi connectivity index (χ1) is 8.06. The Morgan fingerprint density at radius 2 is 2.29 bits per heavy atom. The Hall–Kier alpha value is -2.22. The van der Waals surface area contributed by atoms with Gasteiger partial charge in [0.1, 0.15) is 0 Å². The van der Waals surface area contributed by atoms with Crippen LogP contribution in [-0.4, -0.2) is 20.7 Å². The van der Waals surface area contributed by atoms with Crippen LogP contribution >= 0.6 is 11.3 Å². The molecule has 0 radical (unpaired) electrons. The lowest BCUT2D eigenvalue weighted by Crippen LogP contribution is -2.19. The van der Waals surface area contributed by atoms with Gasteiger partial charge in [0.05, 0.1) is 0 Å². The maximum atomic E-state index is 11.7. The van der Waals surface area contributed by atoms with E-state index in [1.807, 2.05) is 0 Å². The summed E-state index contributed by atoms with van der Waals surface area (Å²) < 4.78 is 1.37. The van der Waals surface area contributed by atoms with Gasteiger partial charge in [0, 0.05) is 24.9 Å². The second kappa shape index (κ2) is 4.34. The Balaban J connectivity index is 2.20. The maximum Gasteiger partial charge on any atom is 0.257 e. The molecule has 0 fully saturated rings. The van der Waals surface area contributed by atoms with E-state index >= 15 is 0 Å². The van der Waals surface area contributed by atoms with Crippen LogP contribution < -0.4 is 16.6 Å². The topological polar surface area (TPSA) is 103 Å². The molecule has 2 heterocycles. The third kappa shape index (κ3) is 2.48. The number of nitrogens with zero attached hydrogens (tertiary/aromatic N) is 3. The first-order valence-electron chi connectivity index (χ1n) is 4.63. The Labute approximate surface area is 99.9 Å². The standard InChI is InChI=1S/C9H9N5O2S/c1-14-3-2-5(4-6(14)15)7(16)11-9-13-12-8(10)17-9/h2-4H,1H3,(H2,10,12)(H,11,13,16). The van der Waals surface area contributed by atoms with Gasteiger partial charge in [-0.05, 0) is 6.07 Å². The van der Waals surface area contributed by atoms with Crippen LogP contribution in [0.15, 0.2) is 23.1 Å². The Morgan fingerprint density at radius 3 is 2.88 bits per heavy atom. The van der Waals surface area contributed by atoms with Crippen molar-refractivity contribution in [2.24, 2.45) is 7.05 Å². The summed E-state index contributed by atoms with van der Waals surface area (Å²) in [4.78, 5) is 23.1. The molecule has 0 aliphatic carbocycles. The number of anilines is 2. The van der Waals surface area contributed by atoms with E-state index in [9.17, 15) is 9.59 Å². The number of aryl methyl sites for hydroxylation is 1. The third-order valence-corrected chi connectivity index (χ3v) is 2.70. The van der Waals surface area contributed by atoms with Crippen LogP contribution in [0.4, 0.5) is 10.3 Å². The van der Waals surface area contributed by atoms with Gasteiger partial charge in [-0.15, -0.1) is 10.2 Å². The van der Waals surface area contributed by atoms with E-state index in [1.165, 1.54) is 16.8 Å². The summed E-state index contributed by atoms with van der Waals surface area (Å²) in [5, 5.41) is 10.3. The summed E-state index contributed by atoms with van der Waals surface area (Å²) in [6.07, 6.45) is 1.52. The van der Waals surface area contributed by atoms with E-state index in [4.69, 9.17) is 5.73 Å². The summed E-state index contributed by atoms with van der Waals surface area (Å²) in [6.45, 7) is 0. The van der Waals surface area contributed by atoms with Gasteiger partial charge in [0.2, 0.25) is 10.3 Å². The van der Waals surface area contributed by atoms with E-state index < -0.39 is 5.91 Å². The van der Waals surface area contributed by atoms with E-state index in [-0.39, 0.29) is 16.3 Å². The summed E-state index contributed by atoms with van der Waals surface area (Å²) in [5.74, 6) is -0.418. The Kier molecular flexibility index (Phi) is 2.88. The largest absolute Gasteiger partial charge is 0.374 e. The zero-order chi connectivity index (χ0) is 12.4. The van der Waals surface area contributed by atoms with Gasteiger partial charge in [0.15, 0.2) is 0 Å². The van der Waals surface area contributed by atoms with Crippen LogP contribution in [0.25, 0.3) is 0 Å². The fraction of sp³-hybridized carbons (Fsp3) is 0.111. The maximum absolute atomic E-state index is 11.7. The van der Waals surface area contributed by atoms with Crippen molar-refractivity contribution >= 4 is 27.5 Å². The van der Waals surface area contributed by atoms with Crippen LogP contribution in [0, 0.1) is 0 Å². The number of carbonyl (C=O) groups excluding carboxylic acids is 1. The van der Waals surface area contributed by atoms with E-state index in [2.05, 4.69) is 15.5 Å². The highest BCUT2D eigenvalue weighted by Gasteiger charge is 2.09. The van der Waals surface area contributed by atoms with E-state index in [0.29, 0.717) is 5.13 Å². The molecule has 2 aromatic heterocycles. The van der Waals surface area contributed by atoms with Crippen LogP contribution in [0.5, 0.6) is 0 Å². The number of pyridine rings is 1. The minimum absolute atomic E-state index is 0.255. The molecule has 0 saturated heterocycles. The molecule has 0 bridgehead atoms. The number of hydrogen-bond acceptors (Lipinski definition) is 6. The molecule has 0 unspecified atom stereocenters. The van der Waals surface area contributed by atoms with Gasteiger partial charge < -0.3 is 10.3 Å². The predicted molar refractivity (Wildman–Crippen MR) is 64.0 cm³/mol. The van der Waals surface area contributed by atoms with Crippen molar-refractivity contribution in [2.45, 2.75) is 0 Å². The molecule has 7 nitrogen and oxygen atoms in total. The summed E-state index contributed by atoms with van der Waals surface area (Å²) in [5.41, 5.74) is 5.39. The fourth-order valence-electron chi connectivity index (χ4n) is 1.14. The predicted octanol–water partition coefficient (Wildman–Crippen LogP) is 0.0713. The van der Waals surface area contributed by atoms with Crippen molar-refractivity contribution in [3.05, 3.63) is 34.2 Å². The molecule has 2 aromatic rings. The number of rotatable bonds is 2. The van der Waals surface area contributed by atoms with Crippen LogP contribution in [0.3, 0.4) is 0 Å². The SMILES string of the molecule is Cn1ccc(C(=O)Nc2nnc(N)s2)cc1=O. The monoisotopic (exact) mass is 251 g/mol. The number of nitrogens with two attached hydrogens (primary N) is 1. The highest BCUT2D eigenvalue weighted by atomic mass is 32.1. The number of nitrogens with one attached hydrogen (secondary N) is 1. The van der Waals surface area contributed by atoms with Crippen molar-refractivity contribution in [1.82, 2.24) is 14.8 Å². The van der Waals surface area contributed by atoms with Gasteiger partial charge in [-0.2, -0.15) is 0 Å². The molecule has 88 valence electrons. The van der Waals surface area contributed by atoms with Crippen LogP contribution in [0.2, 0.25) is 0 Å². The second-order valence-corrected chi connectivity index (χ2v) is 4.27. The Bertz CT molecular complexity index is 618.